The number of amides is 2. The molecule has 192 valence electrons. The van der Waals surface area contributed by atoms with Crippen molar-refractivity contribution in [2.24, 2.45) is 17.3 Å². The molecule has 6 nitrogen and oxygen atoms in total. The molecule has 0 unspecified atom stereocenters. The molecule has 0 aliphatic heterocycles. The SMILES string of the molecule is C1CCCCC1.CCC(CC)(CC(C)C)C(=O)NCC(=O)N(C)[C@H](/C=C(\C)C(=O)O)C(C)C. The lowest BCUT2D eigenvalue weighted by Crippen LogP contribution is -2.48. The standard InChI is InChI=1S/C21H38N2O4.C6H12/c1-9-21(10-2,12-14(3)4)20(27)22-13-18(24)23(8)17(15(5)6)11-16(7)19(25)26;1-2-4-6-5-3-1/h11,14-15,17H,9-10,12-13H2,1-8H3,(H,22,27)(H,25,26);1-6H2/b16-11+;/t17-;/m1./s1. The summed E-state index contributed by atoms with van der Waals surface area (Å²) >= 11 is 0. The molecule has 0 aromatic heterocycles. The molecule has 1 fully saturated rings. The summed E-state index contributed by atoms with van der Waals surface area (Å²) in [7, 11) is 1.64. The Morgan fingerprint density at radius 2 is 1.42 bits per heavy atom. The van der Waals surface area contributed by atoms with Crippen molar-refractivity contribution in [3.63, 3.8) is 0 Å². The molecule has 1 rings (SSSR count). The Kier molecular flexibility index (Phi) is 15.0. The van der Waals surface area contributed by atoms with Crippen LogP contribution in [0.1, 0.15) is 106 Å². The fourth-order valence-corrected chi connectivity index (χ4v) is 4.51. The van der Waals surface area contributed by atoms with Gasteiger partial charge in [0, 0.05) is 18.0 Å². The number of carboxylic acids is 1. The van der Waals surface area contributed by atoms with Crippen molar-refractivity contribution in [2.75, 3.05) is 13.6 Å². The van der Waals surface area contributed by atoms with Crippen molar-refractivity contribution >= 4 is 17.8 Å². The molecule has 0 bridgehead atoms. The molecule has 6 heteroatoms. The zero-order chi connectivity index (χ0) is 25.6. The van der Waals surface area contributed by atoms with Crippen molar-refractivity contribution in [1.82, 2.24) is 10.2 Å². The number of likely N-dealkylation sites (N-methyl/N-ethyl adjacent to an activating group) is 1. The van der Waals surface area contributed by atoms with E-state index >= 15 is 0 Å². The Hall–Kier alpha value is -1.85. The van der Waals surface area contributed by atoms with Crippen molar-refractivity contribution in [3.05, 3.63) is 11.6 Å². The molecule has 33 heavy (non-hydrogen) atoms. The monoisotopic (exact) mass is 466 g/mol. The van der Waals surface area contributed by atoms with Gasteiger partial charge in [-0.15, -0.1) is 0 Å². The zero-order valence-corrected chi connectivity index (χ0v) is 22.5. The topological polar surface area (TPSA) is 86.7 Å². The van der Waals surface area contributed by atoms with Crippen LogP contribution in [0.2, 0.25) is 0 Å². The molecule has 0 saturated heterocycles. The molecule has 1 aliphatic carbocycles. The summed E-state index contributed by atoms with van der Waals surface area (Å²) in [5.74, 6) is -0.874. The summed E-state index contributed by atoms with van der Waals surface area (Å²) in [4.78, 5) is 38.0. The number of hydrogen-bond acceptors (Lipinski definition) is 3. The molecule has 0 aromatic rings. The summed E-state index contributed by atoms with van der Waals surface area (Å²) < 4.78 is 0. The second-order valence-electron chi connectivity index (χ2n) is 10.3. The summed E-state index contributed by atoms with van der Waals surface area (Å²) in [6.07, 6.45) is 12.8. The maximum atomic E-state index is 12.8. The fraction of sp³-hybridized carbons (Fsp3) is 0.815. The van der Waals surface area contributed by atoms with Gasteiger partial charge in [0.25, 0.3) is 0 Å². The van der Waals surface area contributed by atoms with Crippen molar-refractivity contribution in [1.29, 1.82) is 0 Å². The van der Waals surface area contributed by atoms with E-state index < -0.39 is 11.4 Å². The zero-order valence-electron chi connectivity index (χ0n) is 22.5. The molecular weight excluding hydrogens is 416 g/mol. The molecule has 0 aromatic carbocycles. The summed E-state index contributed by atoms with van der Waals surface area (Å²) in [6, 6.07) is -0.344. The van der Waals surface area contributed by atoms with E-state index in [1.54, 1.807) is 13.1 Å². The molecule has 1 saturated carbocycles. The van der Waals surface area contributed by atoms with Crippen LogP contribution < -0.4 is 5.32 Å². The van der Waals surface area contributed by atoms with Crippen molar-refractivity contribution < 1.29 is 19.5 Å². The highest BCUT2D eigenvalue weighted by atomic mass is 16.4. The molecule has 1 atom stereocenters. The minimum atomic E-state index is -1.00. The van der Waals surface area contributed by atoms with E-state index in [2.05, 4.69) is 19.2 Å². The van der Waals surface area contributed by atoms with Gasteiger partial charge in [-0.2, -0.15) is 0 Å². The van der Waals surface area contributed by atoms with E-state index in [0.717, 1.165) is 19.3 Å². The predicted molar refractivity (Wildman–Crippen MR) is 136 cm³/mol. The van der Waals surface area contributed by atoms with Crippen LogP contribution in [0, 0.1) is 17.3 Å². The fourth-order valence-electron chi connectivity index (χ4n) is 4.51. The Bertz CT molecular complexity index is 621. The van der Waals surface area contributed by atoms with Crippen LogP contribution in [0.25, 0.3) is 0 Å². The van der Waals surface area contributed by atoms with Crippen LogP contribution in [-0.4, -0.2) is 47.4 Å². The number of rotatable bonds is 11. The van der Waals surface area contributed by atoms with E-state index in [9.17, 15) is 14.4 Å². The van der Waals surface area contributed by atoms with Crippen LogP contribution in [0.3, 0.4) is 0 Å². The number of carboxylic acid groups (broad SMARTS) is 1. The van der Waals surface area contributed by atoms with E-state index in [0.29, 0.717) is 5.92 Å². The minimum Gasteiger partial charge on any atom is -0.478 e. The largest absolute Gasteiger partial charge is 0.478 e. The number of nitrogens with one attached hydrogen (secondary N) is 1. The Morgan fingerprint density at radius 3 is 1.76 bits per heavy atom. The highest BCUT2D eigenvalue weighted by Crippen LogP contribution is 2.34. The highest BCUT2D eigenvalue weighted by Gasteiger charge is 2.35. The average Bonchev–Trinajstić information content (AvgIpc) is 2.79. The average molecular weight is 467 g/mol. The Morgan fingerprint density at radius 1 is 0.970 bits per heavy atom. The second-order valence-corrected chi connectivity index (χ2v) is 10.3. The molecule has 0 spiro atoms. The van der Waals surface area contributed by atoms with Gasteiger partial charge in [0.2, 0.25) is 11.8 Å². The van der Waals surface area contributed by atoms with E-state index in [4.69, 9.17) is 5.11 Å². The molecule has 0 radical (unpaired) electrons. The van der Waals surface area contributed by atoms with Crippen LogP contribution in [-0.2, 0) is 14.4 Å². The van der Waals surface area contributed by atoms with Gasteiger partial charge in [-0.05, 0) is 38.0 Å². The number of hydrogen-bond donors (Lipinski definition) is 2. The maximum absolute atomic E-state index is 12.8. The highest BCUT2D eigenvalue weighted by molar-refractivity contribution is 5.88. The van der Waals surface area contributed by atoms with Crippen molar-refractivity contribution in [3.8, 4) is 0 Å². The number of nitrogens with zero attached hydrogens (tertiary/aromatic N) is 1. The van der Waals surface area contributed by atoms with E-state index in [1.165, 1.54) is 50.3 Å². The minimum absolute atomic E-state index is 0.0512. The van der Waals surface area contributed by atoms with Gasteiger partial charge >= 0.3 is 5.97 Å². The lowest BCUT2D eigenvalue weighted by molar-refractivity contribution is -0.137. The quantitative estimate of drug-likeness (QED) is 0.376. The molecule has 2 N–H and O–H groups in total. The van der Waals surface area contributed by atoms with Gasteiger partial charge in [0.05, 0.1) is 12.6 Å². The Balaban J connectivity index is 0.00000146. The molecule has 0 heterocycles. The number of carbonyl (C=O) groups excluding carboxylic acids is 2. The van der Waals surface area contributed by atoms with Crippen LogP contribution >= 0.6 is 0 Å². The molecule has 1 aliphatic rings. The normalized spacial score (nSPS) is 15.5. The summed E-state index contributed by atoms with van der Waals surface area (Å²) in [5.41, 5.74) is -0.255. The van der Waals surface area contributed by atoms with Crippen LogP contribution in [0.5, 0.6) is 0 Å². The van der Waals surface area contributed by atoms with Gasteiger partial charge in [-0.3, -0.25) is 9.59 Å². The van der Waals surface area contributed by atoms with Gasteiger partial charge in [0.15, 0.2) is 0 Å². The first-order valence-corrected chi connectivity index (χ1v) is 12.9. The second kappa shape index (κ2) is 15.9. The number of carbonyl (C=O) groups is 3. The first-order chi connectivity index (χ1) is 15.4. The first kappa shape index (κ1) is 31.1. The van der Waals surface area contributed by atoms with Crippen molar-refractivity contribution in [2.45, 2.75) is 112 Å². The lowest BCUT2D eigenvalue weighted by atomic mass is 9.75. The third-order valence-corrected chi connectivity index (χ3v) is 6.82. The predicted octanol–water partition coefficient (Wildman–Crippen LogP) is 5.81. The van der Waals surface area contributed by atoms with Gasteiger partial charge in [-0.25, -0.2) is 4.79 Å². The maximum Gasteiger partial charge on any atom is 0.331 e. The summed E-state index contributed by atoms with van der Waals surface area (Å²) in [6.45, 7) is 13.5. The molecular formula is C27H50N2O4. The lowest BCUT2D eigenvalue weighted by Gasteiger charge is -2.33. The number of aliphatic carboxylic acids is 1. The third-order valence-electron chi connectivity index (χ3n) is 6.82. The summed E-state index contributed by atoms with van der Waals surface area (Å²) in [5, 5.41) is 11.9. The van der Waals surface area contributed by atoms with Crippen LogP contribution in [0.15, 0.2) is 11.6 Å². The van der Waals surface area contributed by atoms with Gasteiger partial charge in [-0.1, -0.05) is 86.1 Å². The van der Waals surface area contributed by atoms with Crippen LogP contribution in [0.4, 0.5) is 0 Å². The smallest absolute Gasteiger partial charge is 0.331 e. The first-order valence-electron chi connectivity index (χ1n) is 12.9. The van der Waals surface area contributed by atoms with Gasteiger partial charge in [0.1, 0.15) is 0 Å². The van der Waals surface area contributed by atoms with E-state index in [-0.39, 0.29) is 35.9 Å². The van der Waals surface area contributed by atoms with Gasteiger partial charge < -0.3 is 15.3 Å². The Labute approximate surface area is 202 Å². The van der Waals surface area contributed by atoms with E-state index in [1.807, 2.05) is 27.7 Å². The molecule has 2 amide bonds. The third kappa shape index (κ3) is 11.2.